The molecule has 0 bridgehead atoms. The topological polar surface area (TPSA) is 54.0 Å². The van der Waals surface area contributed by atoms with Crippen LogP contribution in [0.25, 0.3) is 5.57 Å². The lowest BCUT2D eigenvalue weighted by Gasteiger charge is -2.37. The molecule has 3 unspecified atom stereocenters. The zero-order chi connectivity index (χ0) is 22.0. The number of ether oxygens (including phenoxy) is 4. The van der Waals surface area contributed by atoms with E-state index >= 15 is 0 Å². The van der Waals surface area contributed by atoms with Gasteiger partial charge in [-0.2, -0.15) is 0 Å². The molecule has 1 fully saturated rings. The Kier molecular flexibility index (Phi) is 6.75. The number of halogens is 2. The van der Waals surface area contributed by atoms with E-state index in [2.05, 4.69) is 0 Å². The first-order chi connectivity index (χ1) is 15.0. The monoisotopic (exact) mass is 462 g/mol. The predicted octanol–water partition coefficient (Wildman–Crippen LogP) is 5.70. The van der Waals surface area contributed by atoms with Gasteiger partial charge in [-0.15, -0.1) is 0 Å². The van der Waals surface area contributed by atoms with Crippen LogP contribution in [-0.2, 0) is 20.9 Å². The molecule has 0 N–H and O–H groups in total. The minimum absolute atomic E-state index is 0.0109. The molecule has 2 aromatic carbocycles. The van der Waals surface area contributed by atoms with Gasteiger partial charge in [0.05, 0.1) is 44.7 Å². The molecule has 4 rings (SSSR count). The van der Waals surface area contributed by atoms with Gasteiger partial charge in [0.15, 0.2) is 17.3 Å². The third-order valence-corrected chi connectivity index (χ3v) is 6.48. The largest absolute Gasteiger partial charge is 0.496 e. The van der Waals surface area contributed by atoms with E-state index in [0.717, 1.165) is 17.5 Å². The quantitative estimate of drug-likeness (QED) is 0.550. The van der Waals surface area contributed by atoms with Gasteiger partial charge in [-0.25, -0.2) is 0 Å². The molecule has 2 aliphatic rings. The van der Waals surface area contributed by atoms with Crippen molar-refractivity contribution in [2.75, 3.05) is 14.2 Å². The van der Waals surface area contributed by atoms with E-state index in [4.69, 9.17) is 42.1 Å². The highest BCUT2D eigenvalue weighted by Gasteiger charge is 2.40. The number of hydrogen-bond acceptors (Lipinski definition) is 5. The summed E-state index contributed by atoms with van der Waals surface area (Å²) in [5.74, 6) is 1.12. The van der Waals surface area contributed by atoms with Crippen molar-refractivity contribution in [3.05, 3.63) is 63.8 Å². The molecule has 0 saturated heterocycles. The number of hydrogen-bond donors (Lipinski definition) is 0. The zero-order valence-corrected chi connectivity index (χ0v) is 18.9. The molecule has 1 saturated carbocycles. The van der Waals surface area contributed by atoms with Crippen LogP contribution in [0, 0.1) is 5.92 Å². The molecule has 7 heteroatoms. The van der Waals surface area contributed by atoms with E-state index in [1.165, 1.54) is 0 Å². The summed E-state index contributed by atoms with van der Waals surface area (Å²) in [5.41, 5.74) is 2.22. The molecular formula is C24H24Cl2O5. The highest BCUT2D eigenvalue weighted by atomic mass is 35.5. The number of ketones is 1. The molecule has 164 valence electrons. The fraction of sp³-hybridized carbons (Fsp3) is 0.375. The van der Waals surface area contributed by atoms with Gasteiger partial charge < -0.3 is 18.9 Å². The normalized spacial score (nSPS) is 22.9. The molecule has 1 aliphatic carbocycles. The highest BCUT2D eigenvalue weighted by Crippen LogP contribution is 2.39. The van der Waals surface area contributed by atoms with Gasteiger partial charge in [0.1, 0.15) is 6.10 Å². The lowest BCUT2D eigenvalue weighted by Crippen LogP contribution is -2.41. The predicted molar refractivity (Wildman–Crippen MR) is 120 cm³/mol. The Labute approximate surface area is 191 Å². The second-order valence-electron chi connectivity index (χ2n) is 7.73. The third kappa shape index (κ3) is 4.69. The Balaban J connectivity index is 1.42. The first-order valence-corrected chi connectivity index (χ1v) is 10.9. The molecule has 2 aromatic rings. The summed E-state index contributed by atoms with van der Waals surface area (Å²) in [5, 5.41) is 1.19. The number of methoxy groups -OCH3 is 2. The molecule has 1 heterocycles. The van der Waals surface area contributed by atoms with Crippen LogP contribution in [0.15, 0.2) is 42.7 Å². The zero-order valence-electron chi connectivity index (χ0n) is 17.4. The van der Waals surface area contributed by atoms with Gasteiger partial charge in [-0.3, -0.25) is 4.79 Å². The van der Waals surface area contributed by atoms with E-state index in [9.17, 15) is 4.79 Å². The maximum atomic E-state index is 13.2. The Morgan fingerprint density at radius 1 is 1.03 bits per heavy atom. The lowest BCUT2D eigenvalue weighted by atomic mass is 9.78. The van der Waals surface area contributed by atoms with Crippen LogP contribution in [0.1, 0.15) is 30.4 Å². The maximum absolute atomic E-state index is 13.2. The Morgan fingerprint density at radius 3 is 2.58 bits per heavy atom. The number of allylic oxidation sites excluding steroid dienone is 1. The summed E-state index contributed by atoms with van der Waals surface area (Å²) >= 11 is 12.2. The molecule has 3 atom stereocenters. The van der Waals surface area contributed by atoms with Gasteiger partial charge >= 0.3 is 0 Å². The molecule has 5 nitrogen and oxygen atoms in total. The van der Waals surface area contributed by atoms with Crippen molar-refractivity contribution in [3.63, 3.8) is 0 Å². The summed E-state index contributed by atoms with van der Waals surface area (Å²) in [7, 11) is 3.15. The van der Waals surface area contributed by atoms with E-state index in [1.54, 1.807) is 44.7 Å². The van der Waals surface area contributed by atoms with Crippen LogP contribution in [0.3, 0.4) is 0 Å². The van der Waals surface area contributed by atoms with Crippen LogP contribution in [0.4, 0.5) is 0 Å². The highest BCUT2D eigenvalue weighted by molar-refractivity contribution is 6.35. The maximum Gasteiger partial charge on any atom is 0.173 e. The molecule has 0 radical (unpaired) electrons. The number of Topliss-reactive ketones (excluding diaryl/α,β-unsaturated/α-hetero) is 1. The molecule has 1 aliphatic heterocycles. The minimum atomic E-state index is -0.184. The van der Waals surface area contributed by atoms with Gasteiger partial charge in [0.25, 0.3) is 0 Å². The van der Waals surface area contributed by atoms with Crippen LogP contribution in [-0.4, -0.2) is 32.2 Å². The molecule has 0 spiro atoms. The first-order valence-electron chi connectivity index (χ1n) is 10.2. The summed E-state index contributed by atoms with van der Waals surface area (Å²) in [6, 6.07) is 10.8. The van der Waals surface area contributed by atoms with E-state index in [-0.39, 0.29) is 23.9 Å². The van der Waals surface area contributed by atoms with Crippen molar-refractivity contribution in [1.82, 2.24) is 0 Å². The fourth-order valence-electron chi connectivity index (χ4n) is 4.17. The van der Waals surface area contributed by atoms with Crippen molar-refractivity contribution < 1.29 is 23.7 Å². The standard InChI is InChI=1S/C24H24Cl2O5/c1-28-21-8-4-14(9-23(21)29-2)19-13-31-22-11-17(6-7-18(22)24(19)27)30-12-15-3-5-16(25)10-20(15)26/h3-5,8-10,13,17-18,22H,6-7,11-12H2,1-2H3. The van der Waals surface area contributed by atoms with Gasteiger partial charge in [0.2, 0.25) is 0 Å². The fourth-order valence-corrected chi connectivity index (χ4v) is 4.63. The number of rotatable bonds is 6. The van der Waals surface area contributed by atoms with Crippen LogP contribution < -0.4 is 9.47 Å². The SMILES string of the molecule is COc1ccc(C2=COC3CC(OCc4ccc(Cl)cc4Cl)CCC3C2=O)cc1OC. The smallest absolute Gasteiger partial charge is 0.173 e. The second-order valence-corrected chi connectivity index (χ2v) is 8.57. The average molecular weight is 463 g/mol. The third-order valence-electron chi connectivity index (χ3n) is 5.89. The molecule has 0 amide bonds. The number of fused-ring (bicyclic) bond motifs is 1. The summed E-state index contributed by atoms with van der Waals surface area (Å²) in [6.45, 7) is 0.402. The van der Waals surface area contributed by atoms with Crippen molar-refractivity contribution in [1.29, 1.82) is 0 Å². The number of carbonyl (C=O) groups excluding carboxylic acids is 1. The number of carbonyl (C=O) groups is 1. The summed E-state index contributed by atoms with van der Waals surface area (Å²) in [4.78, 5) is 13.2. The first kappa shape index (κ1) is 22.0. The Morgan fingerprint density at radius 2 is 1.84 bits per heavy atom. The van der Waals surface area contributed by atoms with E-state index in [1.807, 2.05) is 12.1 Å². The minimum Gasteiger partial charge on any atom is -0.496 e. The van der Waals surface area contributed by atoms with Crippen molar-refractivity contribution in [2.24, 2.45) is 5.92 Å². The van der Waals surface area contributed by atoms with E-state index < -0.39 is 0 Å². The lowest BCUT2D eigenvalue weighted by molar-refractivity contribution is -0.128. The van der Waals surface area contributed by atoms with Crippen LogP contribution >= 0.6 is 23.2 Å². The van der Waals surface area contributed by atoms with Gasteiger partial charge in [-0.1, -0.05) is 35.3 Å². The van der Waals surface area contributed by atoms with Crippen molar-refractivity contribution >= 4 is 34.6 Å². The average Bonchev–Trinajstić information content (AvgIpc) is 2.78. The Hall–Kier alpha value is -2.21. The summed E-state index contributed by atoms with van der Waals surface area (Å²) < 4.78 is 22.7. The van der Waals surface area contributed by atoms with E-state index in [0.29, 0.717) is 46.6 Å². The van der Waals surface area contributed by atoms with Crippen LogP contribution in [0.5, 0.6) is 11.5 Å². The van der Waals surface area contributed by atoms with Crippen molar-refractivity contribution in [3.8, 4) is 11.5 Å². The summed E-state index contributed by atoms with van der Waals surface area (Å²) in [6.07, 6.45) is 3.57. The molecule has 0 aromatic heterocycles. The van der Waals surface area contributed by atoms with Crippen molar-refractivity contribution in [2.45, 2.75) is 38.1 Å². The van der Waals surface area contributed by atoms with Gasteiger partial charge in [0, 0.05) is 16.5 Å². The van der Waals surface area contributed by atoms with Gasteiger partial charge in [-0.05, 0) is 48.2 Å². The number of benzene rings is 2. The van der Waals surface area contributed by atoms with Crippen LogP contribution in [0.2, 0.25) is 10.0 Å². The molecular weight excluding hydrogens is 439 g/mol. The Bertz CT molecular complexity index is 1000. The second kappa shape index (κ2) is 9.51. The molecule has 31 heavy (non-hydrogen) atoms.